The van der Waals surface area contributed by atoms with E-state index in [0.29, 0.717) is 18.1 Å². The van der Waals surface area contributed by atoms with Crippen LogP contribution in [0.2, 0.25) is 0 Å². The van der Waals surface area contributed by atoms with Gasteiger partial charge in [0.2, 0.25) is 0 Å². The fourth-order valence-electron chi connectivity index (χ4n) is 4.94. The Morgan fingerprint density at radius 1 is 1.17 bits per heavy atom. The molecule has 178 valence electrons. The minimum absolute atomic E-state index is 0.238. The molecule has 0 radical (unpaired) electrons. The summed E-state index contributed by atoms with van der Waals surface area (Å²) in [7, 11) is 0. The third-order valence-electron chi connectivity index (χ3n) is 7.08. The van der Waals surface area contributed by atoms with Crippen LogP contribution in [0.1, 0.15) is 26.3 Å². The summed E-state index contributed by atoms with van der Waals surface area (Å²) in [6.45, 7) is 6.39. The van der Waals surface area contributed by atoms with E-state index in [9.17, 15) is 4.39 Å². The van der Waals surface area contributed by atoms with Crippen LogP contribution < -0.4 is 16.2 Å². The lowest BCUT2D eigenvalue weighted by molar-refractivity contribution is 0.0468. The van der Waals surface area contributed by atoms with Gasteiger partial charge in [-0.05, 0) is 32.9 Å². The Balaban J connectivity index is 1.38. The molecule has 12 heteroatoms. The highest BCUT2D eigenvalue weighted by molar-refractivity contribution is 6.11. The van der Waals surface area contributed by atoms with Crippen LogP contribution in [0.4, 0.5) is 10.1 Å². The molecule has 1 aromatic carbocycles. The second-order valence-electron chi connectivity index (χ2n) is 9.26. The fourth-order valence-corrected chi connectivity index (χ4v) is 4.94. The molecule has 3 aliphatic rings. The van der Waals surface area contributed by atoms with Crippen LogP contribution in [0.5, 0.6) is 0 Å². The number of fused-ring (bicyclic) bond motifs is 2. The molecule has 4 N–H and O–H groups in total. The summed E-state index contributed by atoms with van der Waals surface area (Å²) < 4.78 is 14.4. The first kappa shape index (κ1) is 21.4. The van der Waals surface area contributed by atoms with Crippen molar-refractivity contribution in [3.63, 3.8) is 0 Å². The maximum absolute atomic E-state index is 14.4. The number of nitrogens with zero attached hydrogens (tertiary/aromatic N) is 8. The molecular formula is C23H24FN11. The maximum atomic E-state index is 14.4. The summed E-state index contributed by atoms with van der Waals surface area (Å²) in [4.78, 5) is 13.4. The van der Waals surface area contributed by atoms with Crippen LogP contribution in [0.15, 0.2) is 68.8 Å². The number of amidine groups is 1. The first-order valence-electron chi connectivity index (χ1n) is 11.2. The van der Waals surface area contributed by atoms with Crippen molar-refractivity contribution in [3.8, 4) is 0 Å². The maximum Gasteiger partial charge on any atom is 0.159 e. The van der Waals surface area contributed by atoms with E-state index < -0.39 is 11.2 Å². The molecule has 6 rings (SSSR count). The van der Waals surface area contributed by atoms with Gasteiger partial charge in [0.25, 0.3) is 0 Å². The lowest BCUT2D eigenvalue weighted by atomic mass is 9.90. The van der Waals surface area contributed by atoms with E-state index in [1.807, 2.05) is 25.8 Å². The number of nitrogens with one attached hydrogen (secondary N) is 2. The Morgan fingerprint density at radius 3 is 2.83 bits per heavy atom. The standard InChI is InChI=1S/C23H24FN11/c1-13(22(2)11-34(33-32-22)17-7-5-4-6-16(17)24)35-23(3)18(21(25)27-12-28-23)20(31-35)15-10-26-8-14-9-29-30-19(14)15/h4-10,12-13,31H,11H2,1-3H3,(H,29,30)(H2,25,27,28). The average Bonchev–Trinajstić information content (AvgIpc) is 3.55. The lowest BCUT2D eigenvalue weighted by Gasteiger charge is -2.42. The number of aliphatic imine (C=N–C) groups is 2. The van der Waals surface area contributed by atoms with E-state index in [1.165, 1.54) is 12.4 Å². The van der Waals surface area contributed by atoms with Crippen LogP contribution >= 0.6 is 0 Å². The van der Waals surface area contributed by atoms with Gasteiger partial charge in [-0.25, -0.2) is 19.4 Å². The Bertz CT molecular complexity index is 1460. The molecule has 3 aliphatic heterocycles. The van der Waals surface area contributed by atoms with Gasteiger partial charge < -0.3 is 11.2 Å². The molecule has 3 aromatic rings. The van der Waals surface area contributed by atoms with Gasteiger partial charge in [-0.1, -0.05) is 17.4 Å². The number of pyridine rings is 1. The number of hydrazine groups is 1. The van der Waals surface area contributed by atoms with Gasteiger partial charge in [0.05, 0.1) is 41.3 Å². The fraction of sp³-hybridized carbons (Fsp3) is 0.304. The molecule has 0 spiro atoms. The quantitative estimate of drug-likeness (QED) is 0.533. The van der Waals surface area contributed by atoms with Crippen LogP contribution in [-0.4, -0.2) is 56.2 Å². The van der Waals surface area contributed by atoms with Gasteiger partial charge in [-0.3, -0.25) is 10.1 Å². The Morgan fingerprint density at radius 2 is 2.00 bits per heavy atom. The first-order chi connectivity index (χ1) is 16.8. The molecule has 35 heavy (non-hydrogen) atoms. The van der Waals surface area contributed by atoms with Crippen molar-refractivity contribution in [1.29, 1.82) is 0 Å². The van der Waals surface area contributed by atoms with Crippen molar-refractivity contribution in [1.82, 2.24) is 25.6 Å². The summed E-state index contributed by atoms with van der Waals surface area (Å²) >= 11 is 0. The highest BCUT2D eigenvalue weighted by Crippen LogP contribution is 2.43. The molecule has 2 aromatic heterocycles. The number of hydrogen-bond donors (Lipinski definition) is 3. The van der Waals surface area contributed by atoms with Gasteiger partial charge in [0.15, 0.2) is 5.66 Å². The predicted molar refractivity (Wildman–Crippen MR) is 131 cm³/mol. The number of nitrogens with two attached hydrogens (primary N) is 1. The van der Waals surface area contributed by atoms with Gasteiger partial charge in [0, 0.05) is 23.3 Å². The van der Waals surface area contributed by atoms with E-state index >= 15 is 0 Å². The van der Waals surface area contributed by atoms with Crippen molar-refractivity contribution < 1.29 is 4.39 Å². The summed E-state index contributed by atoms with van der Waals surface area (Å²) in [5.41, 5.74) is 11.9. The first-order valence-corrected chi connectivity index (χ1v) is 11.2. The summed E-state index contributed by atoms with van der Waals surface area (Å²) in [5.74, 6) is 0.0178. The topological polar surface area (TPSA) is 136 Å². The van der Waals surface area contributed by atoms with Crippen molar-refractivity contribution in [2.24, 2.45) is 26.1 Å². The zero-order valence-corrected chi connectivity index (χ0v) is 19.4. The number of halogens is 1. The molecule has 0 saturated heterocycles. The molecule has 0 amide bonds. The summed E-state index contributed by atoms with van der Waals surface area (Å²) in [6, 6.07) is 6.30. The third-order valence-corrected chi connectivity index (χ3v) is 7.08. The monoisotopic (exact) mass is 473 g/mol. The molecule has 5 heterocycles. The number of H-pyrrole nitrogens is 1. The number of aromatic nitrogens is 3. The molecule has 3 atom stereocenters. The number of para-hydroxylation sites is 1. The van der Waals surface area contributed by atoms with Crippen molar-refractivity contribution >= 4 is 34.5 Å². The van der Waals surface area contributed by atoms with Crippen molar-refractivity contribution in [3.05, 3.63) is 59.8 Å². The number of aromatic amines is 1. The summed E-state index contributed by atoms with van der Waals surface area (Å²) in [6.07, 6.45) is 6.70. The second-order valence-corrected chi connectivity index (χ2v) is 9.26. The molecular weight excluding hydrogens is 449 g/mol. The lowest BCUT2D eigenvalue weighted by Crippen LogP contribution is -2.61. The Hall–Kier alpha value is -4.19. The molecule has 0 aliphatic carbocycles. The smallest absolute Gasteiger partial charge is 0.159 e. The minimum Gasteiger partial charge on any atom is -0.383 e. The highest BCUT2D eigenvalue weighted by atomic mass is 19.1. The minimum atomic E-state index is -0.868. The number of hydrogen-bond acceptors (Lipinski definition) is 10. The van der Waals surface area contributed by atoms with Crippen molar-refractivity contribution in [2.75, 3.05) is 11.6 Å². The van der Waals surface area contributed by atoms with Crippen LogP contribution in [0.3, 0.4) is 0 Å². The predicted octanol–water partition coefficient (Wildman–Crippen LogP) is 2.78. The molecule has 0 fully saturated rings. The molecule has 0 saturated carbocycles. The van der Waals surface area contributed by atoms with Gasteiger partial charge in [0.1, 0.15) is 23.5 Å². The number of anilines is 1. The van der Waals surface area contributed by atoms with Crippen LogP contribution in [-0.2, 0) is 0 Å². The second kappa shape index (κ2) is 7.40. The Kier molecular flexibility index (Phi) is 4.52. The number of rotatable bonds is 4. The van der Waals surface area contributed by atoms with Crippen molar-refractivity contribution in [2.45, 2.75) is 38.0 Å². The van der Waals surface area contributed by atoms with E-state index in [1.54, 1.807) is 41.8 Å². The van der Waals surface area contributed by atoms with E-state index in [2.05, 4.69) is 35.9 Å². The molecule has 11 nitrogen and oxygen atoms in total. The number of benzene rings is 1. The van der Waals surface area contributed by atoms with E-state index in [-0.39, 0.29) is 11.9 Å². The SMILES string of the molecule is CC(N1NC(c2cncc3cn[nH]c23)=C2C(N)=NC=NC21C)C1(C)CN(c2ccccc2F)N=N1. The largest absolute Gasteiger partial charge is 0.383 e. The molecule has 3 unspecified atom stereocenters. The third kappa shape index (κ3) is 3.06. The zero-order valence-electron chi connectivity index (χ0n) is 19.4. The van der Waals surface area contributed by atoms with E-state index in [0.717, 1.165) is 27.7 Å². The van der Waals surface area contributed by atoms with Gasteiger partial charge in [-0.15, -0.1) is 0 Å². The van der Waals surface area contributed by atoms with Gasteiger partial charge >= 0.3 is 0 Å². The van der Waals surface area contributed by atoms with Gasteiger partial charge in [-0.2, -0.15) is 15.2 Å². The highest BCUT2D eigenvalue weighted by Gasteiger charge is 2.54. The normalized spacial score (nSPS) is 26.9. The zero-order chi connectivity index (χ0) is 24.4. The Labute approximate surface area is 200 Å². The summed E-state index contributed by atoms with van der Waals surface area (Å²) in [5, 5.41) is 20.6. The molecule has 0 bridgehead atoms. The average molecular weight is 474 g/mol. The van der Waals surface area contributed by atoms with Crippen LogP contribution in [0.25, 0.3) is 16.6 Å². The van der Waals surface area contributed by atoms with E-state index in [4.69, 9.17) is 10.7 Å². The van der Waals surface area contributed by atoms with Crippen LogP contribution in [0, 0.1) is 5.82 Å².